The largest absolute Gasteiger partial charge is 0.370 e. The SMILES string of the molecule is CCSCC(C)NC(=O)C(N)CC(N)=O. The van der Waals surface area contributed by atoms with E-state index in [0.717, 1.165) is 11.5 Å². The first-order valence-electron chi connectivity index (χ1n) is 4.89. The molecule has 5 N–H and O–H groups in total. The molecule has 6 heteroatoms. The van der Waals surface area contributed by atoms with Gasteiger partial charge in [0.1, 0.15) is 0 Å². The second-order valence-electron chi connectivity index (χ2n) is 3.35. The summed E-state index contributed by atoms with van der Waals surface area (Å²) in [7, 11) is 0. The Kier molecular flexibility index (Phi) is 7.15. The van der Waals surface area contributed by atoms with E-state index >= 15 is 0 Å². The van der Waals surface area contributed by atoms with E-state index in [1.165, 1.54) is 0 Å². The fourth-order valence-corrected chi connectivity index (χ4v) is 1.67. The van der Waals surface area contributed by atoms with Crippen molar-refractivity contribution in [2.75, 3.05) is 11.5 Å². The summed E-state index contributed by atoms with van der Waals surface area (Å²) in [5.41, 5.74) is 10.4. The van der Waals surface area contributed by atoms with Crippen LogP contribution in [0.3, 0.4) is 0 Å². The lowest BCUT2D eigenvalue weighted by Crippen LogP contribution is -2.46. The van der Waals surface area contributed by atoms with Crippen molar-refractivity contribution in [2.45, 2.75) is 32.4 Å². The van der Waals surface area contributed by atoms with Crippen LogP contribution < -0.4 is 16.8 Å². The number of amides is 2. The highest BCUT2D eigenvalue weighted by Gasteiger charge is 2.17. The Hall–Kier alpha value is -0.750. The van der Waals surface area contributed by atoms with Gasteiger partial charge >= 0.3 is 0 Å². The standard InChI is InChI=1S/C9H19N3O2S/c1-3-15-5-6(2)12-9(14)7(10)4-8(11)13/h6-7H,3-5,10H2,1-2H3,(H2,11,13)(H,12,14). The van der Waals surface area contributed by atoms with Gasteiger partial charge in [-0.05, 0) is 12.7 Å². The zero-order valence-corrected chi connectivity index (χ0v) is 9.97. The molecule has 0 spiro atoms. The predicted octanol–water partition coefficient (Wildman–Crippen LogP) is -0.553. The third-order valence-electron chi connectivity index (χ3n) is 1.72. The van der Waals surface area contributed by atoms with Crippen LogP contribution in [0.4, 0.5) is 0 Å². The molecule has 0 aromatic heterocycles. The monoisotopic (exact) mass is 233 g/mol. The Labute approximate surface area is 94.3 Å². The van der Waals surface area contributed by atoms with E-state index < -0.39 is 11.9 Å². The molecule has 0 rings (SSSR count). The van der Waals surface area contributed by atoms with Crippen LogP contribution in [0.2, 0.25) is 0 Å². The number of thioether (sulfide) groups is 1. The normalized spacial score (nSPS) is 14.3. The van der Waals surface area contributed by atoms with Crippen molar-refractivity contribution in [2.24, 2.45) is 11.5 Å². The maximum atomic E-state index is 11.4. The molecule has 0 radical (unpaired) electrons. The number of carbonyl (C=O) groups is 2. The zero-order valence-electron chi connectivity index (χ0n) is 9.16. The summed E-state index contributed by atoms with van der Waals surface area (Å²) < 4.78 is 0. The number of nitrogens with two attached hydrogens (primary N) is 2. The third kappa shape index (κ3) is 7.21. The number of nitrogens with one attached hydrogen (secondary N) is 1. The van der Waals surface area contributed by atoms with Gasteiger partial charge in [-0.3, -0.25) is 9.59 Å². The van der Waals surface area contributed by atoms with Crippen molar-refractivity contribution in [1.29, 1.82) is 0 Å². The van der Waals surface area contributed by atoms with Gasteiger partial charge < -0.3 is 16.8 Å². The molecular weight excluding hydrogens is 214 g/mol. The minimum Gasteiger partial charge on any atom is -0.370 e. The van der Waals surface area contributed by atoms with Gasteiger partial charge in [0.05, 0.1) is 12.5 Å². The minimum absolute atomic E-state index is 0.0568. The second kappa shape index (κ2) is 7.53. The van der Waals surface area contributed by atoms with Crippen LogP contribution in [0.5, 0.6) is 0 Å². The van der Waals surface area contributed by atoms with Gasteiger partial charge in [-0.2, -0.15) is 11.8 Å². The van der Waals surface area contributed by atoms with E-state index in [1.807, 2.05) is 6.92 Å². The lowest BCUT2D eigenvalue weighted by atomic mass is 10.2. The minimum atomic E-state index is -0.837. The van der Waals surface area contributed by atoms with Crippen LogP contribution in [0, 0.1) is 0 Å². The molecule has 0 saturated heterocycles. The van der Waals surface area contributed by atoms with E-state index in [2.05, 4.69) is 12.2 Å². The van der Waals surface area contributed by atoms with Crippen molar-refractivity contribution >= 4 is 23.6 Å². The number of rotatable bonds is 7. The van der Waals surface area contributed by atoms with Crippen LogP contribution in [0.1, 0.15) is 20.3 Å². The molecule has 5 nitrogen and oxygen atoms in total. The first-order chi connectivity index (χ1) is 6.97. The molecule has 0 aromatic carbocycles. The van der Waals surface area contributed by atoms with E-state index in [4.69, 9.17) is 11.5 Å². The molecule has 0 aliphatic heterocycles. The number of hydrogen-bond acceptors (Lipinski definition) is 4. The van der Waals surface area contributed by atoms with Crippen molar-refractivity contribution in [3.05, 3.63) is 0 Å². The summed E-state index contributed by atoms with van der Waals surface area (Å²) in [6.07, 6.45) is -0.112. The summed E-state index contributed by atoms with van der Waals surface area (Å²) in [5, 5.41) is 2.73. The Morgan fingerprint density at radius 1 is 1.47 bits per heavy atom. The van der Waals surface area contributed by atoms with Crippen LogP contribution in [0.25, 0.3) is 0 Å². The summed E-state index contributed by atoms with van der Waals surface area (Å²) in [6, 6.07) is -0.780. The van der Waals surface area contributed by atoms with Crippen LogP contribution in [-0.2, 0) is 9.59 Å². The molecule has 0 saturated carbocycles. The summed E-state index contributed by atoms with van der Waals surface area (Å²) in [4.78, 5) is 21.9. The number of primary amides is 1. The Balaban J connectivity index is 3.85. The molecule has 2 unspecified atom stereocenters. The van der Waals surface area contributed by atoms with E-state index in [-0.39, 0.29) is 18.4 Å². The van der Waals surface area contributed by atoms with E-state index in [0.29, 0.717) is 0 Å². The number of hydrogen-bond donors (Lipinski definition) is 3. The Morgan fingerprint density at radius 3 is 2.53 bits per heavy atom. The molecule has 0 heterocycles. The highest BCUT2D eigenvalue weighted by atomic mass is 32.2. The molecule has 2 atom stereocenters. The van der Waals surface area contributed by atoms with E-state index in [9.17, 15) is 9.59 Å². The highest BCUT2D eigenvalue weighted by Crippen LogP contribution is 2.01. The van der Waals surface area contributed by atoms with Crippen molar-refractivity contribution < 1.29 is 9.59 Å². The average molecular weight is 233 g/mol. The quantitative estimate of drug-likeness (QED) is 0.549. The molecule has 0 aliphatic rings. The molecule has 0 aliphatic carbocycles. The van der Waals surface area contributed by atoms with Crippen LogP contribution in [0.15, 0.2) is 0 Å². The summed E-state index contributed by atoms with van der Waals surface area (Å²) >= 11 is 1.74. The Morgan fingerprint density at radius 2 is 2.07 bits per heavy atom. The first kappa shape index (κ1) is 14.2. The van der Waals surface area contributed by atoms with Gasteiger partial charge in [0, 0.05) is 11.8 Å². The molecule has 0 aromatic rings. The molecule has 0 bridgehead atoms. The predicted molar refractivity (Wildman–Crippen MR) is 62.4 cm³/mol. The summed E-state index contributed by atoms with van der Waals surface area (Å²) in [5.74, 6) is 0.963. The summed E-state index contributed by atoms with van der Waals surface area (Å²) in [6.45, 7) is 3.95. The van der Waals surface area contributed by atoms with Gasteiger partial charge in [-0.1, -0.05) is 6.92 Å². The number of carbonyl (C=O) groups excluding carboxylic acids is 2. The van der Waals surface area contributed by atoms with Crippen LogP contribution >= 0.6 is 11.8 Å². The third-order valence-corrected chi connectivity index (χ3v) is 2.86. The van der Waals surface area contributed by atoms with Crippen molar-refractivity contribution in [3.8, 4) is 0 Å². The molecule has 88 valence electrons. The zero-order chi connectivity index (χ0) is 11.8. The maximum Gasteiger partial charge on any atom is 0.237 e. The average Bonchev–Trinajstić information content (AvgIpc) is 2.13. The molecule has 15 heavy (non-hydrogen) atoms. The lowest BCUT2D eigenvalue weighted by Gasteiger charge is -2.16. The smallest absolute Gasteiger partial charge is 0.237 e. The van der Waals surface area contributed by atoms with Gasteiger partial charge in [0.25, 0.3) is 0 Å². The van der Waals surface area contributed by atoms with E-state index in [1.54, 1.807) is 11.8 Å². The van der Waals surface area contributed by atoms with Gasteiger partial charge in [-0.25, -0.2) is 0 Å². The lowest BCUT2D eigenvalue weighted by molar-refractivity contribution is -0.126. The van der Waals surface area contributed by atoms with Gasteiger partial charge in [0.15, 0.2) is 0 Å². The van der Waals surface area contributed by atoms with Crippen molar-refractivity contribution in [3.63, 3.8) is 0 Å². The van der Waals surface area contributed by atoms with Crippen molar-refractivity contribution in [1.82, 2.24) is 5.32 Å². The van der Waals surface area contributed by atoms with Gasteiger partial charge in [-0.15, -0.1) is 0 Å². The van der Waals surface area contributed by atoms with Crippen LogP contribution in [-0.4, -0.2) is 35.4 Å². The fraction of sp³-hybridized carbons (Fsp3) is 0.778. The Bertz CT molecular complexity index is 223. The first-order valence-corrected chi connectivity index (χ1v) is 6.04. The molecule has 2 amide bonds. The highest BCUT2D eigenvalue weighted by molar-refractivity contribution is 7.99. The second-order valence-corrected chi connectivity index (χ2v) is 4.66. The topological polar surface area (TPSA) is 98.2 Å². The maximum absolute atomic E-state index is 11.4. The van der Waals surface area contributed by atoms with Gasteiger partial charge in [0.2, 0.25) is 11.8 Å². The fourth-order valence-electron chi connectivity index (χ4n) is 0.996. The molecular formula is C9H19N3O2S. The molecule has 0 fully saturated rings.